The van der Waals surface area contributed by atoms with Gasteiger partial charge in [-0.15, -0.1) is 10.2 Å². The number of amides is 1. The highest BCUT2D eigenvalue weighted by molar-refractivity contribution is 7.98. The topological polar surface area (TPSA) is 59.8 Å². The van der Waals surface area contributed by atoms with Crippen LogP contribution in [0.15, 0.2) is 53.7 Å². The Kier molecular flexibility index (Phi) is 5.61. The molecule has 1 amide bonds. The highest BCUT2D eigenvalue weighted by Gasteiger charge is 2.51. The van der Waals surface area contributed by atoms with E-state index in [1.807, 2.05) is 35.9 Å². The van der Waals surface area contributed by atoms with Gasteiger partial charge >= 0.3 is 0 Å². The second kappa shape index (κ2) is 8.16. The van der Waals surface area contributed by atoms with Crippen LogP contribution in [0.2, 0.25) is 5.02 Å². The SMILES string of the molecule is Cn1c(CNC(=O)C2(c3ccc(Cl)cc3)CC2)nnc1SCc1ccc(F)cc1. The van der Waals surface area contributed by atoms with Crippen LogP contribution in [0.1, 0.15) is 29.8 Å². The van der Waals surface area contributed by atoms with Crippen molar-refractivity contribution in [3.63, 3.8) is 0 Å². The summed E-state index contributed by atoms with van der Waals surface area (Å²) in [6, 6.07) is 13.9. The second-order valence-corrected chi connectivity index (χ2v) is 8.52. The fourth-order valence-electron chi connectivity index (χ4n) is 3.22. The molecule has 1 heterocycles. The van der Waals surface area contributed by atoms with E-state index in [0.717, 1.165) is 29.1 Å². The van der Waals surface area contributed by atoms with Gasteiger partial charge in [0.05, 0.1) is 12.0 Å². The number of rotatable bonds is 7. The molecule has 2 aromatic carbocycles. The van der Waals surface area contributed by atoms with E-state index >= 15 is 0 Å². The molecule has 5 nitrogen and oxygen atoms in total. The van der Waals surface area contributed by atoms with E-state index in [1.165, 1.54) is 23.9 Å². The molecule has 150 valence electrons. The molecule has 0 unspecified atom stereocenters. The number of halogens is 2. The van der Waals surface area contributed by atoms with Gasteiger partial charge in [0.15, 0.2) is 11.0 Å². The summed E-state index contributed by atoms with van der Waals surface area (Å²) in [6.45, 7) is 0.314. The predicted molar refractivity (Wildman–Crippen MR) is 111 cm³/mol. The maximum Gasteiger partial charge on any atom is 0.231 e. The third-order valence-electron chi connectivity index (χ3n) is 5.19. The van der Waals surface area contributed by atoms with Crippen LogP contribution in [0.3, 0.4) is 0 Å². The first-order valence-corrected chi connectivity index (χ1v) is 10.6. The Hall–Kier alpha value is -2.38. The van der Waals surface area contributed by atoms with Crippen molar-refractivity contribution in [3.05, 3.63) is 76.3 Å². The first-order valence-electron chi connectivity index (χ1n) is 9.28. The standard InChI is InChI=1S/C21H20ClFN4OS/c1-27-18(25-26-20(27)29-13-14-2-8-17(23)9-3-14)12-24-19(28)21(10-11-21)15-4-6-16(22)7-5-15/h2-9H,10-13H2,1H3,(H,24,28). The number of hydrogen-bond acceptors (Lipinski definition) is 4. The molecular formula is C21H20ClFN4OS. The normalized spacial score (nSPS) is 14.6. The zero-order valence-electron chi connectivity index (χ0n) is 15.9. The fourth-order valence-corrected chi connectivity index (χ4v) is 4.23. The van der Waals surface area contributed by atoms with Gasteiger partial charge in [-0.2, -0.15) is 0 Å². The summed E-state index contributed by atoms with van der Waals surface area (Å²) >= 11 is 7.48. The van der Waals surface area contributed by atoms with E-state index in [2.05, 4.69) is 15.5 Å². The van der Waals surface area contributed by atoms with Gasteiger partial charge in [0.2, 0.25) is 5.91 Å². The zero-order chi connectivity index (χ0) is 20.4. The maximum atomic E-state index is 13.0. The summed E-state index contributed by atoms with van der Waals surface area (Å²) in [5.41, 5.74) is 1.55. The predicted octanol–water partition coefficient (Wildman–Crippen LogP) is 4.25. The molecule has 0 bridgehead atoms. The summed E-state index contributed by atoms with van der Waals surface area (Å²) in [4.78, 5) is 12.8. The Labute approximate surface area is 177 Å². The van der Waals surface area contributed by atoms with Crippen molar-refractivity contribution in [1.29, 1.82) is 0 Å². The Bertz CT molecular complexity index is 1020. The molecule has 1 aromatic heterocycles. The lowest BCUT2D eigenvalue weighted by molar-refractivity contribution is -0.123. The van der Waals surface area contributed by atoms with Crippen LogP contribution >= 0.6 is 23.4 Å². The molecule has 1 saturated carbocycles. The third kappa shape index (κ3) is 4.31. The quantitative estimate of drug-likeness (QED) is 0.569. The minimum atomic E-state index is -0.455. The molecule has 0 spiro atoms. The Balaban J connectivity index is 1.36. The second-order valence-electron chi connectivity index (χ2n) is 7.14. The average Bonchev–Trinajstić information content (AvgIpc) is 3.46. The molecule has 3 aromatic rings. The van der Waals surface area contributed by atoms with Gasteiger partial charge in [-0.25, -0.2) is 4.39 Å². The minimum absolute atomic E-state index is 0.00309. The van der Waals surface area contributed by atoms with Crippen LogP contribution in [0, 0.1) is 5.82 Å². The zero-order valence-corrected chi connectivity index (χ0v) is 17.4. The summed E-state index contributed by atoms with van der Waals surface area (Å²) in [7, 11) is 1.88. The largest absolute Gasteiger partial charge is 0.348 e. The number of carbonyl (C=O) groups is 1. The molecule has 1 N–H and O–H groups in total. The van der Waals surface area contributed by atoms with E-state index in [-0.39, 0.29) is 11.7 Å². The fraction of sp³-hybridized carbons (Fsp3) is 0.286. The molecule has 1 aliphatic carbocycles. The molecule has 0 radical (unpaired) electrons. The van der Waals surface area contributed by atoms with Crippen molar-refractivity contribution in [2.24, 2.45) is 7.05 Å². The van der Waals surface area contributed by atoms with E-state index in [9.17, 15) is 9.18 Å². The summed E-state index contributed by atoms with van der Waals surface area (Å²) in [5.74, 6) is 1.11. The lowest BCUT2D eigenvalue weighted by Crippen LogP contribution is -2.34. The lowest BCUT2D eigenvalue weighted by atomic mass is 9.95. The van der Waals surface area contributed by atoms with Gasteiger partial charge in [0, 0.05) is 17.8 Å². The van der Waals surface area contributed by atoms with E-state index < -0.39 is 5.41 Å². The van der Waals surface area contributed by atoms with Gasteiger partial charge in [-0.3, -0.25) is 4.79 Å². The van der Waals surface area contributed by atoms with Crippen LogP contribution in [0.25, 0.3) is 0 Å². The van der Waals surface area contributed by atoms with Crippen LogP contribution in [-0.4, -0.2) is 20.7 Å². The van der Waals surface area contributed by atoms with Gasteiger partial charge in [-0.1, -0.05) is 47.6 Å². The highest BCUT2D eigenvalue weighted by atomic mass is 35.5. The molecule has 1 fully saturated rings. The Morgan fingerprint density at radius 1 is 1.17 bits per heavy atom. The van der Waals surface area contributed by atoms with Crippen LogP contribution in [0.4, 0.5) is 4.39 Å². The third-order valence-corrected chi connectivity index (χ3v) is 6.54. The number of aromatic nitrogens is 3. The van der Waals surface area contributed by atoms with E-state index in [0.29, 0.717) is 23.1 Å². The van der Waals surface area contributed by atoms with Gasteiger partial charge in [0.1, 0.15) is 5.82 Å². The van der Waals surface area contributed by atoms with Crippen molar-refractivity contribution in [2.45, 2.75) is 35.7 Å². The number of hydrogen-bond donors (Lipinski definition) is 1. The molecule has 4 rings (SSSR count). The number of nitrogens with zero attached hydrogens (tertiary/aromatic N) is 3. The van der Waals surface area contributed by atoms with Crippen LogP contribution in [0.5, 0.6) is 0 Å². The molecule has 0 saturated heterocycles. The minimum Gasteiger partial charge on any atom is -0.348 e. The first-order chi connectivity index (χ1) is 14.0. The number of nitrogens with one attached hydrogen (secondary N) is 1. The van der Waals surface area contributed by atoms with E-state index in [4.69, 9.17) is 11.6 Å². The Morgan fingerprint density at radius 2 is 1.86 bits per heavy atom. The van der Waals surface area contributed by atoms with Crippen LogP contribution < -0.4 is 5.32 Å². The van der Waals surface area contributed by atoms with Gasteiger partial charge < -0.3 is 9.88 Å². The smallest absolute Gasteiger partial charge is 0.231 e. The number of carbonyl (C=O) groups excluding carboxylic acids is 1. The van der Waals surface area contributed by atoms with Crippen molar-refractivity contribution < 1.29 is 9.18 Å². The van der Waals surface area contributed by atoms with Crippen molar-refractivity contribution >= 4 is 29.3 Å². The molecule has 0 aliphatic heterocycles. The van der Waals surface area contributed by atoms with Crippen molar-refractivity contribution in [3.8, 4) is 0 Å². The maximum absolute atomic E-state index is 13.0. The summed E-state index contributed by atoms with van der Waals surface area (Å²) < 4.78 is 14.9. The Morgan fingerprint density at radius 3 is 2.52 bits per heavy atom. The number of benzene rings is 2. The molecule has 8 heteroatoms. The van der Waals surface area contributed by atoms with Gasteiger partial charge in [0.25, 0.3) is 0 Å². The average molecular weight is 431 g/mol. The lowest BCUT2D eigenvalue weighted by Gasteiger charge is -2.15. The van der Waals surface area contributed by atoms with Crippen molar-refractivity contribution in [1.82, 2.24) is 20.1 Å². The monoisotopic (exact) mass is 430 g/mol. The highest BCUT2D eigenvalue weighted by Crippen LogP contribution is 2.48. The van der Waals surface area contributed by atoms with Gasteiger partial charge in [-0.05, 0) is 48.2 Å². The molecular weight excluding hydrogens is 411 g/mol. The van der Waals surface area contributed by atoms with Crippen LogP contribution in [-0.2, 0) is 29.6 Å². The summed E-state index contributed by atoms with van der Waals surface area (Å²) in [6.07, 6.45) is 1.66. The molecule has 29 heavy (non-hydrogen) atoms. The van der Waals surface area contributed by atoms with Crippen molar-refractivity contribution in [2.75, 3.05) is 0 Å². The molecule has 0 atom stereocenters. The van der Waals surface area contributed by atoms with E-state index in [1.54, 1.807) is 12.1 Å². The molecule has 1 aliphatic rings. The first kappa shape index (κ1) is 19.9. The summed E-state index contributed by atoms with van der Waals surface area (Å²) in [5, 5.41) is 12.8. The number of thioether (sulfide) groups is 1.